The normalized spacial score (nSPS) is 23.1. The highest BCUT2D eigenvalue weighted by atomic mass is 35.5. The zero-order chi connectivity index (χ0) is 17.6. The Balaban J connectivity index is 0.00000243. The second-order valence-electron chi connectivity index (χ2n) is 6.57. The summed E-state index contributed by atoms with van der Waals surface area (Å²) in [6, 6.07) is 7.10. The Hall–Kier alpha value is -1.83. The second-order valence-corrected chi connectivity index (χ2v) is 6.57. The Morgan fingerprint density at radius 3 is 2.69 bits per heavy atom. The van der Waals surface area contributed by atoms with Crippen LogP contribution in [0, 0.1) is 0 Å². The van der Waals surface area contributed by atoms with Crippen molar-refractivity contribution in [1.82, 2.24) is 10.2 Å². The fraction of sp³-hybridized carbons (Fsp3) is 0.556. The first kappa shape index (κ1) is 20.5. The maximum absolute atomic E-state index is 12.1. The van der Waals surface area contributed by atoms with Crippen molar-refractivity contribution >= 4 is 29.9 Å². The average molecular weight is 384 g/mol. The summed E-state index contributed by atoms with van der Waals surface area (Å²) in [5.74, 6) is 0.407. The van der Waals surface area contributed by atoms with Gasteiger partial charge >= 0.3 is 0 Å². The third-order valence-electron chi connectivity index (χ3n) is 4.62. The highest BCUT2D eigenvalue weighted by Gasteiger charge is 2.24. The van der Waals surface area contributed by atoms with Gasteiger partial charge in [0.1, 0.15) is 11.9 Å². The molecule has 7 nitrogen and oxygen atoms in total. The lowest BCUT2D eigenvalue weighted by Gasteiger charge is -2.28. The van der Waals surface area contributed by atoms with Crippen molar-refractivity contribution in [2.24, 2.45) is 0 Å². The number of carbonyl (C=O) groups excluding carboxylic acids is 2. The zero-order valence-electron chi connectivity index (χ0n) is 14.6. The van der Waals surface area contributed by atoms with Gasteiger partial charge in [0, 0.05) is 18.8 Å². The maximum Gasteiger partial charge on any atom is 0.243 e. The second kappa shape index (κ2) is 9.75. The topological polar surface area (TPSA) is 90.9 Å². The van der Waals surface area contributed by atoms with E-state index in [9.17, 15) is 14.7 Å². The Bertz CT molecular complexity index is 611. The summed E-state index contributed by atoms with van der Waals surface area (Å²) < 4.78 is 5.84. The van der Waals surface area contributed by atoms with Gasteiger partial charge in [-0.25, -0.2) is 0 Å². The number of aliphatic hydroxyl groups is 1. The number of halogens is 1. The predicted molar refractivity (Wildman–Crippen MR) is 101 cm³/mol. The van der Waals surface area contributed by atoms with Gasteiger partial charge < -0.3 is 25.4 Å². The van der Waals surface area contributed by atoms with E-state index in [1.165, 1.54) is 0 Å². The van der Waals surface area contributed by atoms with E-state index in [-0.39, 0.29) is 43.4 Å². The minimum Gasteiger partial charge on any atom is -0.488 e. The molecule has 2 aliphatic rings. The number of piperazine rings is 1. The number of nitrogens with zero attached hydrogens (tertiary/aromatic N) is 1. The first-order valence-electron chi connectivity index (χ1n) is 8.85. The molecule has 1 aliphatic heterocycles. The lowest BCUT2D eigenvalue weighted by atomic mass is 9.95. The van der Waals surface area contributed by atoms with E-state index in [0.29, 0.717) is 24.5 Å². The molecule has 0 radical (unpaired) electrons. The summed E-state index contributed by atoms with van der Waals surface area (Å²) in [6.07, 6.45) is 3.18. The molecule has 8 heteroatoms. The molecule has 1 aromatic rings. The lowest BCUT2D eigenvalue weighted by Crippen LogP contribution is -2.50. The molecule has 2 unspecified atom stereocenters. The molecule has 2 amide bonds. The van der Waals surface area contributed by atoms with E-state index in [1.807, 2.05) is 0 Å². The van der Waals surface area contributed by atoms with Crippen LogP contribution in [-0.4, -0.2) is 60.2 Å². The van der Waals surface area contributed by atoms with Crippen LogP contribution in [0.5, 0.6) is 5.75 Å². The van der Waals surface area contributed by atoms with Crippen molar-refractivity contribution in [3.05, 3.63) is 24.3 Å². The zero-order valence-corrected chi connectivity index (χ0v) is 15.5. The molecule has 2 fully saturated rings. The van der Waals surface area contributed by atoms with Crippen molar-refractivity contribution in [1.29, 1.82) is 0 Å². The largest absolute Gasteiger partial charge is 0.488 e. The van der Waals surface area contributed by atoms with Crippen LogP contribution in [0.4, 0.5) is 5.69 Å². The molecular formula is C18H26ClN3O4. The van der Waals surface area contributed by atoms with E-state index in [1.54, 1.807) is 29.2 Å². The van der Waals surface area contributed by atoms with Crippen LogP contribution in [0.3, 0.4) is 0 Å². The standard InChI is InChI=1S/C18H25N3O4.ClH/c22-15-3-1-2-4-16(15)25-14-7-5-13(6-8-14)20-17(23)12-21-10-9-19-11-18(21)24;/h5-8,15-16,19,22H,1-4,9-12H2,(H,20,23);1H. The Labute approximate surface area is 159 Å². The first-order valence-corrected chi connectivity index (χ1v) is 8.85. The third kappa shape index (κ3) is 5.59. The highest BCUT2D eigenvalue weighted by molar-refractivity contribution is 5.94. The van der Waals surface area contributed by atoms with Crippen LogP contribution < -0.4 is 15.4 Å². The minimum atomic E-state index is -0.412. The van der Waals surface area contributed by atoms with Crippen LogP contribution >= 0.6 is 12.4 Å². The van der Waals surface area contributed by atoms with Gasteiger partial charge in [-0.3, -0.25) is 9.59 Å². The van der Waals surface area contributed by atoms with Crippen LogP contribution in [-0.2, 0) is 9.59 Å². The Morgan fingerprint density at radius 2 is 2.00 bits per heavy atom. The van der Waals surface area contributed by atoms with E-state index in [2.05, 4.69) is 10.6 Å². The van der Waals surface area contributed by atoms with Crippen molar-refractivity contribution < 1.29 is 19.4 Å². The molecule has 1 saturated heterocycles. The number of ether oxygens (including phenoxy) is 1. The van der Waals surface area contributed by atoms with Crippen molar-refractivity contribution in [3.8, 4) is 5.75 Å². The van der Waals surface area contributed by atoms with E-state index in [0.717, 1.165) is 25.7 Å². The molecule has 0 spiro atoms. The summed E-state index contributed by atoms with van der Waals surface area (Å²) in [7, 11) is 0. The number of hydrogen-bond donors (Lipinski definition) is 3. The number of nitrogens with one attached hydrogen (secondary N) is 2. The fourth-order valence-electron chi connectivity index (χ4n) is 3.19. The summed E-state index contributed by atoms with van der Waals surface area (Å²) >= 11 is 0. The number of carbonyl (C=O) groups is 2. The molecule has 144 valence electrons. The van der Waals surface area contributed by atoms with Gasteiger partial charge in [-0.1, -0.05) is 6.42 Å². The Kier molecular flexibility index (Phi) is 7.68. The summed E-state index contributed by atoms with van der Waals surface area (Å²) in [4.78, 5) is 25.3. The predicted octanol–water partition coefficient (Wildman–Crippen LogP) is 1.16. The molecule has 0 aromatic heterocycles. The number of amides is 2. The van der Waals surface area contributed by atoms with Gasteiger partial charge in [0.25, 0.3) is 0 Å². The molecule has 0 bridgehead atoms. The molecule has 3 rings (SSSR count). The summed E-state index contributed by atoms with van der Waals surface area (Å²) in [6.45, 7) is 1.60. The number of anilines is 1. The number of aliphatic hydroxyl groups excluding tert-OH is 1. The van der Waals surface area contributed by atoms with Crippen LogP contribution in [0.1, 0.15) is 25.7 Å². The fourth-order valence-corrected chi connectivity index (χ4v) is 3.19. The molecular weight excluding hydrogens is 358 g/mol. The number of hydrogen-bond acceptors (Lipinski definition) is 5. The van der Waals surface area contributed by atoms with Crippen molar-refractivity contribution in [2.45, 2.75) is 37.9 Å². The smallest absolute Gasteiger partial charge is 0.243 e. The van der Waals surface area contributed by atoms with Crippen molar-refractivity contribution in [3.63, 3.8) is 0 Å². The molecule has 1 aliphatic carbocycles. The molecule has 26 heavy (non-hydrogen) atoms. The number of rotatable bonds is 5. The average Bonchev–Trinajstić information content (AvgIpc) is 2.61. The van der Waals surface area contributed by atoms with Gasteiger partial charge in [0.05, 0.1) is 19.2 Å². The first-order chi connectivity index (χ1) is 12.1. The molecule has 1 heterocycles. The lowest BCUT2D eigenvalue weighted by molar-refractivity contribution is -0.135. The van der Waals surface area contributed by atoms with Gasteiger partial charge in [-0.15, -0.1) is 12.4 Å². The van der Waals surface area contributed by atoms with Crippen LogP contribution in [0.2, 0.25) is 0 Å². The van der Waals surface area contributed by atoms with E-state index in [4.69, 9.17) is 4.74 Å². The SMILES string of the molecule is Cl.O=C(CN1CCNCC1=O)Nc1ccc(OC2CCCCC2O)cc1. The maximum atomic E-state index is 12.1. The van der Waals surface area contributed by atoms with Crippen LogP contribution in [0.25, 0.3) is 0 Å². The molecule has 3 N–H and O–H groups in total. The number of benzene rings is 1. The minimum absolute atomic E-state index is 0. The van der Waals surface area contributed by atoms with Gasteiger partial charge in [-0.2, -0.15) is 0 Å². The van der Waals surface area contributed by atoms with Gasteiger partial charge in [0.2, 0.25) is 11.8 Å². The Morgan fingerprint density at radius 1 is 1.27 bits per heavy atom. The highest BCUT2D eigenvalue weighted by Crippen LogP contribution is 2.24. The quantitative estimate of drug-likeness (QED) is 0.709. The third-order valence-corrected chi connectivity index (χ3v) is 4.62. The molecule has 2 atom stereocenters. The van der Waals surface area contributed by atoms with Gasteiger partial charge in [-0.05, 0) is 43.5 Å². The van der Waals surface area contributed by atoms with E-state index >= 15 is 0 Å². The molecule has 1 saturated carbocycles. The molecule has 1 aromatic carbocycles. The van der Waals surface area contributed by atoms with E-state index < -0.39 is 6.10 Å². The summed E-state index contributed by atoms with van der Waals surface area (Å²) in [5.41, 5.74) is 0.657. The van der Waals surface area contributed by atoms with Crippen LogP contribution in [0.15, 0.2) is 24.3 Å². The van der Waals surface area contributed by atoms with Gasteiger partial charge in [0.15, 0.2) is 0 Å². The monoisotopic (exact) mass is 383 g/mol. The van der Waals surface area contributed by atoms with Crippen molar-refractivity contribution in [2.75, 3.05) is 31.5 Å². The summed E-state index contributed by atoms with van der Waals surface area (Å²) in [5, 5.41) is 15.7.